The Labute approximate surface area is 115 Å². The van der Waals surface area contributed by atoms with Gasteiger partial charge in [-0.1, -0.05) is 20.3 Å². The Morgan fingerprint density at radius 2 is 1.89 bits per heavy atom. The van der Waals surface area contributed by atoms with Crippen LogP contribution in [0.25, 0.3) is 0 Å². The van der Waals surface area contributed by atoms with Crippen molar-refractivity contribution in [3.8, 4) is 0 Å². The predicted molar refractivity (Wildman–Crippen MR) is 73.9 cm³/mol. The van der Waals surface area contributed by atoms with Crippen LogP contribution >= 0.6 is 0 Å². The number of carbonyl (C=O) groups excluding carboxylic acids is 1. The maximum atomic E-state index is 12.0. The van der Waals surface area contributed by atoms with Crippen molar-refractivity contribution < 1.29 is 14.7 Å². The first kappa shape index (κ1) is 16.0. The summed E-state index contributed by atoms with van der Waals surface area (Å²) in [7, 11) is 0. The third kappa shape index (κ3) is 4.82. The molecule has 0 aromatic rings. The topological polar surface area (TPSA) is 69.6 Å². The third-order valence-corrected chi connectivity index (χ3v) is 3.88. The van der Waals surface area contributed by atoms with E-state index >= 15 is 0 Å². The van der Waals surface area contributed by atoms with E-state index in [2.05, 4.69) is 24.1 Å². The van der Waals surface area contributed by atoms with Crippen LogP contribution in [0.2, 0.25) is 0 Å². The Morgan fingerprint density at radius 1 is 1.21 bits per heavy atom. The molecule has 0 aromatic heterocycles. The molecule has 1 amide bonds. The van der Waals surface area contributed by atoms with Gasteiger partial charge >= 0.3 is 5.97 Å². The molecule has 110 valence electrons. The Hall–Kier alpha value is -1.10. The van der Waals surface area contributed by atoms with E-state index in [1.807, 2.05) is 0 Å². The number of rotatable bonds is 8. The molecule has 5 heteroatoms. The van der Waals surface area contributed by atoms with Crippen LogP contribution in [0.3, 0.4) is 0 Å². The maximum absolute atomic E-state index is 12.0. The van der Waals surface area contributed by atoms with Gasteiger partial charge in [-0.15, -0.1) is 0 Å². The number of likely N-dealkylation sites (N-methyl/N-ethyl adjacent to an activating group) is 1. The monoisotopic (exact) mass is 270 g/mol. The van der Waals surface area contributed by atoms with Crippen molar-refractivity contribution >= 4 is 11.9 Å². The minimum absolute atomic E-state index is 0.0857. The maximum Gasteiger partial charge on any atom is 0.307 e. The van der Waals surface area contributed by atoms with E-state index < -0.39 is 11.9 Å². The fraction of sp³-hybridized carbons (Fsp3) is 0.857. The molecule has 1 saturated carbocycles. The minimum Gasteiger partial charge on any atom is -0.481 e. The normalized spacial score (nSPS) is 22.7. The van der Waals surface area contributed by atoms with Gasteiger partial charge in [0, 0.05) is 13.1 Å². The average molecular weight is 270 g/mol. The highest BCUT2D eigenvalue weighted by Gasteiger charge is 2.37. The predicted octanol–water partition coefficient (Wildman–Crippen LogP) is 1.34. The molecule has 0 heterocycles. The van der Waals surface area contributed by atoms with Crippen LogP contribution in [0, 0.1) is 11.8 Å². The third-order valence-electron chi connectivity index (χ3n) is 3.88. The molecule has 0 spiro atoms. The first-order chi connectivity index (χ1) is 9.10. The summed E-state index contributed by atoms with van der Waals surface area (Å²) >= 11 is 0. The lowest BCUT2D eigenvalue weighted by Gasteiger charge is -2.21. The molecule has 2 atom stereocenters. The second-order valence-corrected chi connectivity index (χ2v) is 5.21. The highest BCUT2D eigenvalue weighted by atomic mass is 16.4. The number of nitrogens with zero attached hydrogens (tertiary/aromatic N) is 1. The van der Waals surface area contributed by atoms with Crippen molar-refractivity contribution in [1.29, 1.82) is 0 Å². The summed E-state index contributed by atoms with van der Waals surface area (Å²) in [4.78, 5) is 25.3. The van der Waals surface area contributed by atoms with Gasteiger partial charge in [-0.25, -0.2) is 0 Å². The SMILES string of the molecule is CCCN(CC)CCNC(=O)[C@@H]1CCC[C@@H]1C(=O)O. The van der Waals surface area contributed by atoms with Gasteiger partial charge in [-0.3, -0.25) is 9.59 Å². The molecule has 0 saturated heterocycles. The lowest BCUT2D eigenvalue weighted by Crippen LogP contribution is -2.40. The molecule has 1 aliphatic carbocycles. The number of carboxylic acids is 1. The van der Waals surface area contributed by atoms with Crippen molar-refractivity contribution in [2.45, 2.75) is 39.5 Å². The molecule has 5 nitrogen and oxygen atoms in total. The molecule has 0 radical (unpaired) electrons. The minimum atomic E-state index is -0.834. The lowest BCUT2D eigenvalue weighted by atomic mass is 9.95. The van der Waals surface area contributed by atoms with Gasteiger partial charge in [0.15, 0.2) is 0 Å². The summed E-state index contributed by atoms with van der Waals surface area (Å²) in [5.41, 5.74) is 0. The number of nitrogens with one attached hydrogen (secondary N) is 1. The molecule has 0 bridgehead atoms. The Bertz CT molecular complexity index is 307. The molecule has 1 aliphatic rings. The summed E-state index contributed by atoms with van der Waals surface area (Å²) in [6, 6.07) is 0. The Morgan fingerprint density at radius 3 is 2.47 bits per heavy atom. The van der Waals surface area contributed by atoms with E-state index in [0.29, 0.717) is 19.4 Å². The number of carbonyl (C=O) groups is 2. The van der Waals surface area contributed by atoms with Crippen LogP contribution in [0.15, 0.2) is 0 Å². The van der Waals surface area contributed by atoms with Crippen molar-refractivity contribution in [2.75, 3.05) is 26.2 Å². The second kappa shape index (κ2) is 8.15. The highest BCUT2D eigenvalue weighted by molar-refractivity contribution is 5.85. The van der Waals surface area contributed by atoms with E-state index in [4.69, 9.17) is 5.11 Å². The van der Waals surface area contributed by atoms with E-state index in [0.717, 1.165) is 32.5 Å². The van der Waals surface area contributed by atoms with Crippen molar-refractivity contribution in [3.05, 3.63) is 0 Å². The van der Waals surface area contributed by atoms with Crippen LogP contribution < -0.4 is 5.32 Å². The van der Waals surface area contributed by atoms with E-state index in [9.17, 15) is 9.59 Å². The van der Waals surface area contributed by atoms with Gasteiger partial charge in [-0.05, 0) is 32.4 Å². The molecule has 0 unspecified atom stereocenters. The standard InChI is InChI=1S/C14H26N2O3/c1-3-9-16(4-2)10-8-15-13(17)11-6-5-7-12(11)14(18)19/h11-12H,3-10H2,1-2H3,(H,15,17)(H,18,19)/t11-,12+/m1/s1. The fourth-order valence-corrected chi connectivity index (χ4v) is 2.78. The largest absolute Gasteiger partial charge is 0.481 e. The number of hydrogen-bond acceptors (Lipinski definition) is 3. The van der Waals surface area contributed by atoms with E-state index in [-0.39, 0.29) is 11.8 Å². The van der Waals surface area contributed by atoms with Crippen LogP contribution in [-0.4, -0.2) is 48.1 Å². The average Bonchev–Trinajstić information content (AvgIpc) is 2.86. The van der Waals surface area contributed by atoms with Crippen molar-refractivity contribution in [2.24, 2.45) is 11.8 Å². The molecular weight excluding hydrogens is 244 g/mol. The van der Waals surface area contributed by atoms with Gasteiger partial charge in [0.1, 0.15) is 0 Å². The Kier molecular flexibility index (Phi) is 6.84. The summed E-state index contributed by atoms with van der Waals surface area (Å²) in [6.45, 7) is 7.70. The van der Waals surface area contributed by atoms with Gasteiger partial charge in [-0.2, -0.15) is 0 Å². The van der Waals surface area contributed by atoms with E-state index in [1.165, 1.54) is 0 Å². The zero-order chi connectivity index (χ0) is 14.3. The van der Waals surface area contributed by atoms with Crippen LogP contribution in [0.1, 0.15) is 39.5 Å². The molecule has 1 fully saturated rings. The quantitative estimate of drug-likeness (QED) is 0.698. The molecule has 2 N–H and O–H groups in total. The molecule has 0 aromatic carbocycles. The van der Waals surface area contributed by atoms with Gasteiger partial charge in [0.05, 0.1) is 11.8 Å². The smallest absolute Gasteiger partial charge is 0.307 e. The molecule has 0 aliphatic heterocycles. The number of carboxylic acid groups (broad SMARTS) is 1. The lowest BCUT2D eigenvalue weighted by molar-refractivity contribution is -0.146. The van der Waals surface area contributed by atoms with Gasteiger partial charge < -0.3 is 15.3 Å². The zero-order valence-corrected chi connectivity index (χ0v) is 12.0. The van der Waals surface area contributed by atoms with Gasteiger partial charge in [0.25, 0.3) is 0 Å². The Balaban J connectivity index is 2.32. The first-order valence-electron chi connectivity index (χ1n) is 7.33. The van der Waals surface area contributed by atoms with Crippen molar-refractivity contribution in [3.63, 3.8) is 0 Å². The summed E-state index contributed by atoms with van der Waals surface area (Å²) in [5, 5.41) is 12.0. The van der Waals surface area contributed by atoms with Crippen LogP contribution in [0.4, 0.5) is 0 Å². The van der Waals surface area contributed by atoms with E-state index in [1.54, 1.807) is 0 Å². The highest BCUT2D eigenvalue weighted by Crippen LogP contribution is 2.31. The second-order valence-electron chi connectivity index (χ2n) is 5.21. The summed E-state index contributed by atoms with van der Waals surface area (Å²) in [5.74, 6) is -1.74. The molecule has 19 heavy (non-hydrogen) atoms. The zero-order valence-electron chi connectivity index (χ0n) is 12.0. The fourth-order valence-electron chi connectivity index (χ4n) is 2.78. The number of amides is 1. The number of hydrogen-bond donors (Lipinski definition) is 2. The van der Waals surface area contributed by atoms with Crippen LogP contribution in [-0.2, 0) is 9.59 Å². The summed E-state index contributed by atoms with van der Waals surface area (Å²) < 4.78 is 0. The molecule has 1 rings (SSSR count). The summed E-state index contributed by atoms with van der Waals surface area (Å²) in [6.07, 6.45) is 3.27. The molecular formula is C14H26N2O3. The van der Waals surface area contributed by atoms with Crippen LogP contribution in [0.5, 0.6) is 0 Å². The van der Waals surface area contributed by atoms with Crippen molar-refractivity contribution in [1.82, 2.24) is 10.2 Å². The first-order valence-corrected chi connectivity index (χ1v) is 7.33. The van der Waals surface area contributed by atoms with Gasteiger partial charge in [0.2, 0.25) is 5.91 Å². The number of aliphatic carboxylic acids is 1.